The number of hydrogen-bond acceptors (Lipinski definition) is 3. The van der Waals surface area contributed by atoms with Crippen molar-refractivity contribution in [1.29, 1.82) is 0 Å². The largest absolute Gasteiger partial charge is 0.392 e. The van der Waals surface area contributed by atoms with E-state index in [0.29, 0.717) is 22.3 Å². The van der Waals surface area contributed by atoms with Crippen molar-refractivity contribution in [2.75, 3.05) is 0 Å². The maximum Gasteiger partial charge on any atom is 0.252 e. The standard InChI is InChI=1S/C10H11ClO3/c1-6-2-7(4-12)8(5-13)3-9(6)10(11)14/h2-3,12-13H,4-5H2,1H3. The minimum Gasteiger partial charge on any atom is -0.392 e. The van der Waals surface area contributed by atoms with Gasteiger partial charge in [-0.15, -0.1) is 0 Å². The third-order valence-corrected chi connectivity index (χ3v) is 2.30. The Balaban J connectivity index is 3.30. The Morgan fingerprint density at radius 2 is 1.79 bits per heavy atom. The predicted molar refractivity (Wildman–Crippen MR) is 53.2 cm³/mol. The van der Waals surface area contributed by atoms with Gasteiger partial charge >= 0.3 is 0 Å². The van der Waals surface area contributed by atoms with Crippen LogP contribution in [0.5, 0.6) is 0 Å². The topological polar surface area (TPSA) is 57.5 Å². The van der Waals surface area contributed by atoms with Gasteiger partial charge in [-0.05, 0) is 41.3 Å². The molecule has 0 atom stereocenters. The van der Waals surface area contributed by atoms with Crippen LogP contribution in [0.4, 0.5) is 0 Å². The Hall–Kier alpha value is -0.900. The normalized spacial score (nSPS) is 10.3. The molecule has 0 bridgehead atoms. The second kappa shape index (κ2) is 4.55. The molecule has 1 aromatic carbocycles. The van der Waals surface area contributed by atoms with Crippen LogP contribution in [0.3, 0.4) is 0 Å². The fraction of sp³-hybridized carbons (Fsp3) is 0.300. The molecule has 0 spiro atoms. The van der Waals surface area contributed by atoms with Crippen LogP contribution in [0.15, 0.2) is 12.1 Å². The van der Waals surface area contributed by atoms with Crippen LogP contribution in [0.1, 0.15) is 27.0 Å². The zero-order valence-electron chi connectivity index (χ0n) is 7.75. The van der Waals surface area contributed by atoms with Crippen LogP contribution in [0, 0.1) is 6.92 Å². The van der Waals surface area contributed by atoms with Gasteiger partial charge in [0.2, 0.25) is 0 Å². The van der Waals surface area contributed by atoms with E-state index in [2.05, 4.69) is 0 Å². The first kappa shape index (κ1) is 11.2. The summed E-state index contributed by atoms with van der Waals surface area (Å²) >= 11 is 5.35. The molecule has 0 aliphatic carbocycles. The minimum atomic E-state index is -0.554. The zero-order valence-corrected chi connectivity index (χ0v) is 8.51. The van der Waals surface area contributed by atoms with Crippen molar-refractivity contribution in [3.8, 4) is 0 Å². The van der Waals surface area contributed by atoms with Crippen molar-refractivity contribution in [2.24, 2.45) is 0 Å². The smallest absolute Gasteiger partial charge is 0.252 e. The number of hydrogen-bond donors (Lipinski definition) is 2. The van der Waals surface area contributed by atoms with Crippen molar-refractivity contribution in [3.63, 3.8) is 0 Å². The monoisotopic (exact) mass is 214 g/mol. The Bertz CT molecular complexity index is 361. The van der Waals surface area contributed by atoms with Gasteiger partial charge in [-0.1, -0.05) is 6.07 Å². The van der Waals surface area contributed by atoms with E-state index in [1.807, 2.05) is 0 Å². The summed E-state index contributed by atoms with van der Waals surface area (Å²) in [5.41, 5.74) is 2.22. The fourth-order valence-corrected chi connectivity index (χ4v) is 1.52. The quantitative estimate of drug-likeness (QED) is 0.747. The highest BCUT2D eigenvalue weighted by Gasteiger charge is 2.10. The van der Waals surface area contributed by atoms with Gasteiger partial charge in [0.25, 0.3) is 5.24 Å². The van der Waals surface area contributed by atoms with Crippen molar-refractivity contribution in [2.45, 2.75) is 20.1 Å². The molecular formula is C10H11ClO3. The van der Waals surface area contributed by atoms with Crippen molar-refractivity contribution in [3.05, 3.63) is 34.4 Å². The van der Waals surface area contributed by atoms with Gasteiger partial charge in [0.1, 0.15) is 0 Å². The molecule has 0 unspecified atom stereocenters. The second-order valence-electron chi connectivity index (χ2n) is 3.03. The third kappa shape index (κ3) is 2.12. The molecule has 0 amide bonds. The Kier molecular flexibility index (Phi) is 3.63. The molecule has 3 nitrogen and oxygen atoms in total. The molecular weight excluding hydrogens is 204 g/mol. The number of halogens is 1. The fourth-order valence-electron chi connectivity index (χ4n) is 1.32. The van der Waals surface area contributed by atoms with Gasteiger partial charge in [-0.2, -0.15) is 0 Å². The molecule has 1 rings (SSSR count). The summed E-state index contributed by atoms with van der Waals surface area (Å²) in [4.78, 5) is 11.0. The number of aliphatic hydroxyl groups is 2. The summed E-state index contributed by atoms with van der Waals surface area (Å²) in [5, 5.41) is 17.4. The predicted octanol–water partition coefficient (Wildman–Crippen LogP) is 1.36. The lowest BCUT2D eigenvalue weighted by Gasteiger charge is -2.08. The van der Waals surface area contributed by atoms with E-state index in [9.17, 15) is 4.79 Å². The average Bonchev–Trinajstić information content (AvgIpc) is 2.16. The first-order valence-corrected chi connectivity index (χ1v) is 4.52. The maximum atomic E-state index is 11.0. The number of aryl methyl sites for hydroxylation is 1. The van der Waals surface area contributed by atoms with Gasteiger partial charge in [-0.3, -0.25) is 4.79 Å². The molecule has 4 heteroatoms. The maximum absolute atomic E-state index is 11.0. The summed E-state index contributed by atoms with van der Waals surface area (Å²) in [5.74, 6) is 0. The van der Waals surface area contributed by atoms with Gasteiger partial charge in [0, 0.05) is 5.56 Å². The number of rotatable bonds is 3. The van der Waals surface area contributed by atoms with E-state index in [1.54, 1.807) is 13.0 Å². The lowest BCUT2D eigenvalue weighted by molar-refractivity contribution is 0.108. The van der Waals surface area contributed by atoms with Crippen molar-refractivity contribution >= 4 is 16.8 Å². The van der Waals surface area contributed by atoms with Gasteiger partial charge in [-0.25, -0.2) is 0 Å². The highest BCUT2D eigenvalue weighted by Crippen LogP contribution is 2.18. The Labute approximate surface area is 86.9 Å². The Morgan fingerprint density at radius 3 is 2.21 bits per heavy atom. The van der Waals surface area contributed by atoms with Crippen molar-refractivity contribution < 1.29 is 15.0 Å². The van der Waals surface area contributed by atoms with E-state index in [1.165, 1.54) is 6.07 Å². The second-order valence-corrected chi connectivity index (χ2v) is 3.37. The minimum absolute atomic E-state index is 0.159. The molecule has 14 heavy (non-hydrogen) atoms. The summed E-state index contributed by atoms with van der Waals surface area (Å²) in [6.07, 6.45) is 0. The third-order valence-electron chi connectivity index (χ3n) is 2.10. The molecule has 0 aliphatic rings. The van der Waals surface area contributed by atoms with E-state index in [0.717, 1.165) is 0 Å². The summed E-state index contributed by atoms with van der Waals surface area (Å²) in [6, 6.07) is 3.16. The van der Waals surface area contributed by atoms with Crippen LogP contribution in [-0.2, 0) is 13.2 Å². The van der Waals surface area contributed by atoms with Crippen molar-refractivity contribution in [1.82, 2.24) is 0 Å². The molecule has 0 saturated heterocycles. The highest BCUT2D eigenvalue weighted by atomic mass is 35.5. The van der Waals surface area contributed by atoms with E-state index in [4.69, 9.17) is 21.8 Å². The molecule has 2 N–H and O–H groups in total. The molecule has 0 aliphatic heterocycles. The van der Waals surface area contributed by atoms with Crippen LogP contribution >= 0.6 is 11.6 Å². The highest BCUT2D eigenvalue weighted by molar-refractivity contribution is 6.67. The average molecular weight is 215 g/mol. The molecule has 0 aromatic heterocycles. The molecule has 76 valence electrons. The summed E-state index contributed by atoms with van der Waals surface area (Å²) < 4.78 is 0. The van der Waals surface area contributed by atoms with E-state index >= 15 is 0 Å². The van der Waals surface area contributed by atoms with E-state index < -0.39 is 5.24 Å². The lowest BCUT2D eigenvalue weighted by Crippen LogP contribution is -2.01. The van der Waals surface area contributed by atoms with Crippen LogP contribution < -0.4 is 0 Å². The SMILES string of the molecule is Cc1cc(CO)c(CO)cc1C(=O)Cl. The molecule has 1 aromatic rings. The summed E-state index contributed by atoms with van der Waals surface area (Å²) in [6.45, 7) is 1.36. The zero-order chi connectivity index (χ0) is 10.7. The number of benzene rings is 1. The Morgan fingerprint density at radius 1 is 1.29 bits per heavy atom. The van der Waals surface area contributed by atoms with Gasteiger partial charge in [0.05, 0.1) is 13.2 Å². The first-order chi connectivity index (χ1) is 6.60. The first-order valence-electron chi connectivity index (χ1n) is 4.14. The molecule has 0 heterocycles. The van der Waals surface area contributed by atoms with Crippen LogP contribution in [0.25, 0.3) is 0 Å². The number of aliphatic hydroxyl groups excluding tert-OH is 2. The number of carbonyl (C=O) groups excluding carboxylic acids is 1. The molecule has 0 saturated carbocycles. The van der Waals surface area contributed by atoms with E-state index in [-0.39, 0.29) is 13.2 Å². The lowest BCUT2D eigenvalue weighted by atomic mass is 10.0. The van der Waals surface area contributed by atoms with Gasteiger partial charge in [0.15, 0.2) is 0 Å². The van der Waals surface area contributed by atoms with Crippen LogP contribution in [0.2, 0.25) is 0 Å². The summed E-state index contributed by atoms with van der Waals surface area (Å²) in [7, 11) is 0. The number of carbonyl (C=O) groups is 1. The van der Waals surface area contributed by atoms with Crippen LogP contribution in [-0.4, -0.2) is 15.5 Å². The molecule has 0 fully saturated rings. The molecule has 0 radical (unpaired) electrons. The van der Waals surface area contributed by atoms with Gasteiger partial charge < -0.3 is 10.2 Å².